The van der Waals surface area contributed by atoms with E-state index >= 15 is 0 Å². The first-order valence-corrected chi connectivity index (χ1v) is 10.3. The van der Waals surface area contributed by atoms with Crippen LogP contribution in [0.15, 0.2) is 36.4 Å². The summed E-state index contributed by atoms with van der Waals surface area (Å²) >= 11 is 0. The van der Waals surface area contributed by atoms with Crippen LogP contribution in [0.2, 0.25) is 0 Å². The summed E-state index contributed by atoms with van der Waals surface area (Å²) < 4.78 is 11.2. The lowest BCUT2D eigenvalue weighted by Crippen LogP contribution is -2.25. The molecule has 29 heavy (non-hydrogen) atoms. The molecule has 4 nitrogen and oxygen atoms in total. The van der Waals surface area contributed by atoms with E-state index < -0.39 is 5.60 Å². The molecule has 4 heteroatoms. The Labute approximate surface area is 172 Å². The van der Waals surface area contributed by atoms with Gasteiger partial charge in [0.2, 0.25) is 0 Å². The molecule has 0 fully saturated rings. The molecule has 0 bridgehead atoms. The molecular weight excluding hydrogens is 362 g/mol. The van der Waals surface area contributed by atoms with Crippen LogP contribution < -0.4 is 4.74 Å². The number of benzene rings is 2. The van der Waals surface area contributed by atoms with Crippen LogP contribution >= 0.6 is 0 Å². The van der Waals surface area contributed by atoms with E-state index in [1.165, 1.54) is 16.7 Å². The van der Waals surface area contributed by atoms with Crippen molar-refractivity contribution < 1.29 is 14.3 Å². The Morgan fingerprint density at radius 3 is 2.76 bits per heavy atom. The third-order valence-electron chi connectivity index (χ3n) is 5.31. The topological polar surface area (TPSA) is 51.3 Å². The molecule has 0 unspecified atom stereocenters. The molecular formula is C25H29NO3. The van der Waals surface area contributed by atoms with E-state index in [9.17, 15) is 4.79 Å². The van der Waals surface area contributed by atoms with Crippen LogP contribution in [0.4, 0.5) is 0 Å². The maximum absolute atomic E-state index is 12.6. The van der Waals surface area contributed by atoms with Crippen molar-refractivity contribution in [1.29, 1.82) is 0 Å². The van der Waals surface area contributed by atoms with Gasteiger partial charge in [-0.05, 0) is 75.4 Å². The third kappa shape index (κ3) is 4.47. The summed E-state index contributed by atoms with van der Waals surface area (Å²) in [4.78, 5) is 16.1. The summed E-state index contributed by atoms with van der Waals surface area (Å²) in [6.07, 6.45) is 3.04. The molecule has 0 aliphatic carbocycles. The molecule has 0 saturated heterocycles. The molecule has 3 aromatic rings. The number of hydrogen-bond acceptors (Lipinski definition) is 3. The van der Waals surface area contributed by atoms with Gasteiger partial charge in [0.1, 0.15) is 11.4 Å². The van der Waals surface area contributed by atoms with E-state index in [4.69, 9.17) is 9.47 Å². The fourth-order valence-electron chi connectivity index (χ4n) is 4.02. The average Bonchev–Trinajstić information content (AvgIpc) is 3.23. The van der Waals surface area contributed by atoms with Crippen LogP contribution in [0.5, 0.6) is 5.75 Å². The molecule has 0 atom stereocenters. The van der Waals surface area contributed by atoms with Crippen molar-refractivity contribution in [3.8, 4) is 5.75 Å². The van der Waals surface area contributed by atoms with Crippen molar-refractivity contribution in [2.24, 2.45) is 0 Å². The van der Waals surface area contributed by atoms with E-state index in [-0.39, 0.29) is 12.4 Å². The van der Waals surface area contributed by atoms with Gasteiger partial charge in [0.05, 0.1) is 13.0 Å². The number of carbonyl (C=O) groups is 1. The number of H-pyrrole nitrogens is 1. The summed E-state index contributed by atoms with van der Waals surface area (Å²) in [7, 11) is 0. The summed E-state index contributed by atoms with van der Waals surface area (Å²) in [5.74, 6) is 0.830. The zero-order chi connectivity index (χ0) is 20.6. The first-order valence-electron chi connectivity index (χ1n) is 10.3. The maximum atomic E-state index is 12.6. The minimum Gasteiger partial charge on any atom is -0.493 e. The number of carbonyl (C=O) groups excluding carboxylic acids is 1. The highest BCUT2D eigenvalue weighted by molar-refractivity contribution is 5.89. The fourth-order valence-corrected chi connectivity index (χ4v) is 4.02. The normalized spacial score (nSPS) is 13.4. The van der Waals surface area contributed by atoms with Gasteiger partial charge >= 0.3 is 5.97 Å². The molecule has 1 aliphatic rings. The third-order valence-corrected chi connectivity index (χ3v) is 5.31. The lowest BCUT2D eigenvalue weighted by Gasteiger charge is -2.19. The van der Waals surface area contributed by atoms with Crippen LogP contribution in [0.1, 0.15) is 48.7 Å². The van der Waals surface area contributed by atoms with Gasteiger partial charge in [0.25, 0.3) is 0 Å². The highest BCUT2D eigenvalue weighted by atomic mass is 16.6. The quantitative estimate of drug-likeness (QED) is 0.617. The maximum Gasteiger partial charge on any atom is 0.310 e. The zero-order valence-corrected chi connectivity index (χ0v) is 17.7. The summed E-state index contributed by atoms with van der Waals surface area (Å²) in [5.41, 5.74) is 6.55. The number of aryl methyl sites for hydroxylation is 3. The molecule has 0 amide bonds. The van der Waals surface area contributed by atoms with E-state index in [1.54, 1.807) is 0 Å². The smallest absolute Gasteiger partial charge is 0.310 e. The second kappa shape index (κ2) is 7.58. The van der Waals surface area contributed by atoms with Gasteiger partial charge in [-0.25, -0.2) is 0 Å². The first kappa shape index (κ1) is 19.6. The van der Waals surface area contributed by atoms with Crippen molar-refractivity contribution >= 4 is 16.9 Å². The number of esters is 1. The monoisotopic (exact) mass is 391 g/mol. The Morgan fingerprint density at radius 1 is 1.14 bits per heavy atom. The van der Waals surface area contributed by atoms with Crippen LogP contribution in [-0.4, -0.2) is 23.2 Å². The minimum atomic E-state index is -0.480. The molecule has 1 N–H and O–H groups in total. The molecule has 0 radical (unpaired) electrons. The predicted octanol–water partition coefficient (Wildman–Crippen LogP) is 5.08. The van der Waals surface area contributed by atoms with E-state index in [0.717, 1.165) is 53.8 Å². The van der Waals surface area contributed by atoms with Gasteiger partial charge in [-0.2, -0.15) is 0 Å². The van der Waals surface area contributed by atoms with Crippen molar-refractivity contribution in [1.82, 2.24) is 4.98 Å². The SMILES string of the molecule is Cc1ccc2[nH]c(CCc3ccc4c(c3)CCO4)c(CC(=O)OC(C)(C)C)c2c1. The molecule has 2 aromatic carbocycles. The second-order valence-electron chi connectivity index (χ2n) is 8.93. The number of aromatic amines is 1. The molecule has 0 saturated carbocycles. The molecule has 1 aromatic heterocycles. The first-order chi connectivity index (χ1) is 13.8. The predicted molar refractivity (Wildman–Crippen MR) is 116 cm³/mol. The number of nitrogens with one attached hydrogen (secondary N) is 1. The standard InChI is InChI=1S/C25H29NO3/c1-16-5-8-21-19(13-16)20(15-24(27)29-25(2,3)4)22(26-21)9-6-17-7-10-23-18(14-17)11-12-28-23/h5,7-8,10,13-14,26H,6,9,11-12,15H2,1-4H3. The molecule has 152 valence electrons. The Morgan fingerprint density at radius 2 is 1.97 bits per heavy atom. The molecule has 2 heterocycles. The van der Waals surface area contributed by atoms with Crippen LogP contribution in [0.25, 0.3) is 10.9 Å². The number of rotatable bonds is 5. The van der Waals surface area contributed by atoms with Gasteiger partial charge in [-0.3, -0.25) is 4.79 Å². The number of aromatic nitrogens is 1. The lowest BCUT2D eigenvalue weighted by molar-refractivity contribution is -0.153. The van der Waals surface area contributed by atoms with E-state index in [1.807, 2.05) is 20.8 Å². The Hall–Kier alpha value is -2.75. The lowest BCUT2D eigenvalue weighted by atomic mass is 10.00. The van der Waals surface area contributed by atoms with Crippen molar-refractivity contribution in [3.63, 3.8) is 0 Å². The van der Waals surface area contributed by atoms with Crippen molar-refractivity contribution in [2.45, 2.75) is 59.0 Å². The van der Waals surface area contributed by atoms with E-state index in [0.29, 0.717) is 0 Å². The largest absolute Gasteiger partial charge is 0.493 e. The van der Waals surface area contributed by atoms with Crippen molar-refractivity contribution in [2.75, 3.05) is 6.61 Å². The molecule has 1 aliphatic heterocycles. The van der Waals surface area contributed by atoms with Gasteiger partial charge in [-0.1, -0.05) is 23.8 Å². The van der Waals surface area contributed by atoms with Crippen molar-refractivity contribution in [3.05, 3.63) is 64.3 Å². The average molecular weight is 392 g/mol. The van der Waals surface area contributed by atoms with Gasteiger partial charge in [-0.15, -0.1) is 0 Å². The fraction of sp³-hybridized carbons (Fsp3) is 0.400. The van der Waals surface area contributed by atoms with Crippen LogP contribution in [0.3, 0.4) is 0 Å². The van der Waals surface area contributed by atoms with E-state index in [2.05, 4.69) is 48.3 Å². The number of hydrogen-bond donors (Lipinski definition) is 1. The summed E-state index contributed by atoms with van der Waals surface area (Å²) in [6.45, 7) is 8.57. The van der Waals surface area contributed by atoms with Gasteiger partial charge in [0.15, 0.2) is 0 Å². The van der Waals surface area contributed by atoms with Gasteiger partial charge < -0.3 is 14.5 Å². The Balaban J connectivity index is 1.60. The van der Waals surface area contributed by atoms with Crippen LogP contribution in [0, 0.1) is 6.92 Å². The second-order valence-corrected chi connectivity index (χ2v) is 8.93. The highest BCUT2D eigenvalue weighted by Crippen LogP contribution is 2.29. The Kier molecular flexibility index (Phi) is 5.12. The number of fused-ring (bicyclic) bond motifs is 2. The number of ether oxygens (including phenoxy) is 2. The minimum absolute atomic E-state index is 0.184. The Bertz CT molecular complexity index is 1060. The zero-order valence-electron chi connectivity index (χ0n) is 17.7. The van der Waals surface area contributed by atoms with Crippen LogP contribution in [-0.2, 0) is 35.2 Å². The highest BCUT2D eigenvalue weighted by Gasteiger charge is 2.21. The van der Waals surface area contributed by atoms with Gasteiger partial charge in [0, 0.05) is 23.0 Å². The molecule has 4 rings (SSSR count). The summed E-state index contributed by atoms with van der Waals surface area (Å²) in [6, 6.07) is 12.8. The summed E-state index contributed by atoms with van der Waals surface area (Å²) in [5, 5.41) is 1.12. The molecule has 0 spiro atoms.